The van der Waals surface area contributed by atoms with Crippen LogP contribution in [0.15, 0.2) is 11.6 Å². The average Bonchev–Trinajstić information content (AvgIpc) is 2.98. The molecule has 3 rings (SSSR count). The van der Waals surface area contributed by atoms with Gasteiger partial charge in [0.15, 0.2) is 5.60 Å². The molecule has 0 aromatic rings. The van der Waals surface area contributed by atoms with E-state index in [1.807, 2.05) is 6.92 Å². The number of alkyl halides is 3. The van der Waals surface area contributed by atoms with Gasteiger partial charge in [-0.15, -0.1) is 0 Å². The lowest BCUT2D eigenvalue weighted by atomic mass is 9.54. The van der Waals surface area contributed by atoms with Crippen molar-refractivity contribution in [3.63, 3.8) is 0 Å². The Bertz CT molecular complexity index is 670. The molecule has 0 saturated heterocycles. The van der Waals surface area contributed by atoms with Crippen LogP contribution in [0.2, 0.25) is 0 Å². The third kappa shape index (κ3) is 3.97. The minimum absolute atomic E-state index is 0.0325. The first-order valence-electron chi connectivity index (χ1n) is 11.0. The van der Waals surface area contributed by atoms with Gasteiger partial charge in [-0.3, -0.25) is 0 Å². The van der Waals surface area contributed by atoms with Crippen molar-refractivity contribution in [3.8, 4) is 6.07 Å². The van der Waals surface area contributed by atoms with Gasteiger partial charge < -0.3 is 9.84 Å². The molecule has 3 aliphatic carbocycles. The summed E-state index contributed by atoms with van der Waals surface area (Å²) in [5, 5.41) is 19.6. The molecule has 3 saturated carbocycles. The standard InChI is InChI=1S/C23H34F3NO2/c1-15-9-12-22(28,23(24,25)26)11-5-4-6-17-18-8-7-16(10-13-27)21(18,2)14-19(29-3)20(15)17/h10,15,17-20,28H,4-9,11-12,14H2,1-3H3/b16-10-/t15?,17?,18-,19-,20+,21?,22-/m0/s1. The molecule has 0 radical (unpaired) electrons. The van der Waals surface area contributed by atoms with Gasteiger partial charge in [0.05, 0.1) is 12.2 Å². The van der Waals surface area contributed by atoms with E-state index >= 15 is 0 Å². The number of nitrogens with zero attached hydrogens (tertiary/aromatic N) is 1. The molecule has 0 heterocycles. The molecular weight excluding hydrogens is 379 g/mol. The van der Waals surface area contributed by atoms with Gasteiger partial charge >= 0.3 is 6.18 Å². The lowest BCUT2D eigenvalue weighted by Crippen LogP contribution is -2.51. The van der Waals surface area contributed by atoms with Crippen LogP contribution in [-0.4, -0.2) is 30.1 Å². The van der Waals surface area contributed by atoms with Crippen LogP contribution >= 0.6 is 0 Å². The van der Waals surface area contributed by atoms with Crippen molar-refractivity contribution in [2.24, 2.45) is 29.1 Å². The molecule has 3 aliphatic rings. The maximum absolute atomic E-state index is 13.5. The fourth-order valence-corrected chi connectivity index (χ4v) is 6.82. The second-order valence-electron chi connectivity index (χ2n) is 9.87. The maximum atomic E-state index is 13.5. The van der Waals surface area contributed by atoms with Crippen molar-refractivity contribution < 1.29 is 23.0 Å². The Morgan fingerprint density at radius 3 is 2.55 bits per heavy atom. The average molecular weight is 414 g/mol. The van der Waals surface area contributed by atoms with Crippen LogP contribution in [0.1, 0.15) is 71.6 Å². The second kappa shape index (κ2) is 8.23. The topological polar surface area (TPSA) is 53.2 Å². The first-order valence-corrected chi connectivity index (χ1v) is 11.0. The Morgan fingerprint density at radius 2 is 1.93 bits per heavy atom. The summed E-state index contributed by atoms with van der Waals surface area (Å²) in [6, 6.07) is 2.21. The van der Waals surface area contributed by atoms with Gasteiger partial charge in [-0.1, -0.05) is 32.3 Å². The maximum Gasteiger partial charge on any atom is 0.417 e. The van der Waals surface area contributed by atoms with E-state index in [4.69, 9.17) is 4.74 Å². The van der Waals surface area contributed by atoms with E-state index < -0.39 is 11.8 Å². The minimum atomic E-state index is -4.58. The van der Waals surface area contributed by atoms with Crippen LogP contribution in [0.3, 0.4) is 0 Å². The summed E-state index contributed by atoms with van der Waals surface area (Å²) >= 11 is 0. The molecule has 0 spiro atoms. The molecule has 0 aliphatic heterocycles. The number of allylic oxidation sites excluding steroid dienone is 2. The van der Waals surface area contributed by atoms with E-state index in [0.717, 1.165) is 25.7 Å². The van der Waals surface area contributed by atoms with Crippen LogP contribution in [0.5, 0.6) is 0 Å². The number of fused-ring (bicyclic) bond motifs is 3. The van der Waals surface area contributed by atoms with Crippen LogP contribution in [0, 0.1) is 40.4 Å². The van der Waals surface area contributed by atoms with Crippen molar-refractivity contribution in [3.05, 3.63) is 11.6 Å². The number of hydrogen-bond acceptors (Lipinski definition) is 3. The van der Waals surface area contributed by atoms with Gasteiger partial charge in [-0.25, -0.2) is 0 Å². The molecule has 0 aromatic heterocycles. The zero-order chi connectivity index (χ0) is 21.4. The van der Waals surface area contributed by atoms with Crippen LogP contribution in [0.25, 0.3) is 0 Å². The highest BCUT2D eigenvalue weighted by molar-refractivity contribution is 5.28. The number of nitriles is 1. The molecule has 0 bridgehead atoms. The normalized spacial score (nSPS) is 45.3. The Labute approximate surface area is 172 Å². The summed E-state index contributed by atoms with van der Waals surface area (Å²) in [5.74, 6) is 1.07. The first kappa shape index (κ1) is 22.6. The third-order valence-corrected chi connectivity index (χ3v) is 8.46. The number of halogens is 3. The number of aliphatic hydroxyl groups is 1. The third-order valence-electron chi connectivity index (χ3n) is 8.46. The molecule has 1 N–H and O–H groups in total. The highest BCUT2D eigenvalue weighted by atomic mass is 19.4. The van der Waals surface area contributed by atoms with Gasteiger partial charge in [-0.2, -0.15) is 18.4 Å². The van der Waals surface area contributed by atoms with Crippen molar-refractivity contribution >= 4 is 0 Å². The summed E-state index contributed by atoms with van der Waals surface area (Å²) in [5.41, 5.74) is -1.42. The summed E-state index contributed by atoms with van der Waals surface area (Å²) in [6.07, 6.45) is 1.71. The van der Waals surface area contributed by atoms with Gasteiger partial charge in [0.1, 0.15) is 0 Å². The molecule has 164 valence electrons. The Morgan fingerprint density at radius 1 is 1.21 bits per heavy atom. The summed E-state index contributed by atoms with van der Waals surface area (Å²) in [7, 11) is 1.70. The van der Waals surface area contributed by atoms with Gasteiger partial charge in [0.2, 0.25) is 0 Å². The van der Waals surface area contributed by atoms with Crippen molar-refractivity contribution in [2.75, 3.05) is 7.11 Å². The largest absolute Gasteiger partial charge is 0.417 e. The Hall–Kier alpha value is -1.06. The van der Waals surface area contributed by atoms with Crippen molar-refractivity contribution in [1.29, 1.82) is 5.26 Å². The van der Waals surface area contributed by atoms with Gasteiger partial charge in [-0.05, 0) is 74.0 Å². The molecule has 0 amide bonds. The molecule has 0 aromatic carbocycles. The minimum Gasteiger partial charge on any atom is -0.381 e. The van der Waals surface area contributed by atoms with E-state index in [1.54, 1.807) is 13.2 Å². The highest BCUT2D eigenvalue weighted by Gasteiger charge is 2.57. The fourth-order valence-electron chi connectivity index (χ4n) is 6.82. The number of hydrogen-bond donors (Lipinski definition) is 1. The van der Waals surface area contributed by atoms with Crippen molar-refractivity contribution in [1.82, 2.24) is 0 Å². The van der Waals surface area contributed by atoms with Crippen LogP contribution in [-0.2, 0) is 4.74 Å². The lowest BCUT2D eigenvalue weighted by Gasteiger charge is -2.53. The molecule has 3 fully saturated rings. The van der Waals surface area contributed by atoms with Gasteiger partial charge in [0, 0.05) is 13.2 Å². The molecule has 3 nitrogen and oxygen atoms in total. The van der Waals surface area contributed by atoms with Gasteiger partial charge in [0.25, 0.3) is 0 Å². The molecule has 29 heavy (non-hydrogen) atoms. The Balaban J connectivity index is 1.91. The van der Waals surface area contributed by atoms with Crippen LogP contribution in [0.4, 0.5) is 13.2 Å². The number of ether oxygens (including phenoxy) is 1. The van der Waals surface area contributed by atoms with E-state index in [0.29, 0.717) is 31.1 Å². The zero-order valence-electron chi connectivity index (χ0n) is 17.8. The van der Waals surface area contributed by atoms with Crippen LogP contribution < -0.4 is 0 Å². The summed E-state index contributed by atoms with van der Waals surface area (Å²) in [6.45, 7) is 4.29. The summed E-state index contributed by atoms with van der Waals surface area (Å²) < 4.78 is 46.5. The molecule has 7 atom stereocenters. The van der Waals surface area contributed by atoms with E-state index in [1.165, 1.54) is 5.57 Å². The number of methoxy groups -OCH3 is 1. The first-order chi connectivity index (χ1) is 13.6. The highest BCUT2D eigenvalue weighted by Crippen LogP contribution is 2.61. The number of rotatable bonds is 1. The molecular formula is C23H34F3NO2. The fraction of sp³-hybridized carbons (Fsp3) is 0.870. The quantitative estimate of drug-likeness (QED) is 0.554. The smallest absolute Gasteiger partial charge is 0.381 e. The van der Waals surface area contributed by atoms with E-state index in [-0.39, 0.29) is 36.2 Å². The summed E-state index contributed by atoms with van der Waals surface area (Å²) in [4.78, 5) is 0. The lowest BCUT2D eigenvalue weighted by molar-refractivity contribution is -0.267. The Kier molecular flexibility index (Phi) is 6.42. The predicted octanol–water partition coefficient (Wildman–Crippen LogP) is 5.79. The predicted molar refractivity (Wildman–Crippen MR) is 105 cm³/mol. The van der Waals surface area contributed by atoms with E-state index in [2.05, 4.69) is 13.0 Å². The SMILES string of the molecule is CO[C@H]1CC2(C)/C(=C\C#N)CC[C@H]2C2CCCC[C@@](O)(C(F)(F)F)CCC(C)[C@H]21. The molecule has 3 unspecified atom stereocenters. The van der Waals surface area contributed by atoms with E-state index in [9.17, 15) is 23.5 Å². The molecule has 6 heteroatoms. The second-order valence-corrected chi connectivity index (χ2v) is 9.87. The van der Waals surface area contributed by atoms with Crippen molar-refractivity contribution in [2.45, 2.75) is 89.5 Å². The monoisotopic (exact) mass is 413 g/mol. The zero-order valence-corrected chi connectivity index (χ0v) is 17.8.